The number of ether oxygens (including phenoxy) is 2. The molecule has 1 aromatic carbocycles. The average molecular weight is 305 g/mol. The zero-order valence-electron chi connectivity index (χ0n) is 14.4. The maximum absolute atomic E-state index is 5.99. The SMILES string of the molecule is CC(C)(C)c1ccccc1OCCCCNC[C@@H]1CCCO1. The first kappa shape index (κ1) is 17.3. The van der Waals surface area contributed by atoms with E-state index in [0.29, 0.717) is 6.10 Å². The molecule has 0 radical (unpaired) electrons. The number of unbranched alkanes of at least 4 members (excludes halogenated alkanes) is 1. The number of para-hydroxylation sites is 1. The van der Waals surface area contributed by atoms with E-state index in [4.69, 9.17) is 9.47 Å². The zero-order valence-corrected chi connectivity index (χ0v) is 14.4. The Hall–Kier alpha value is -1.06. The quantitative estimate of drug-likeness (QED) is 0.739. The Morgan fingerprint density at radius 3 is 2.77 bits per heavy atom. The monoisotopic (exact) mass is 305 g/mol. The van der Waals surface area contributed by atoms with E-state index in [1.807, 2.05) is 6.07 Å². The average Bonchev–Trinajstić information content (AvgIpc) is 2.99. The largest absolute Gasteiger partial charge is 0.493 e. The Morgan fingerprint density at radius 2 is 2.05 bits per heavy atom. The van der Waals surface area contributed by atoms with Crippen molar-refractivity contribution in [2.45, 2.75) is 58.0 Å². The van der Waals surface area contributed by atoms with Crippen molar-refractivity contribution < 1.29 is 9.47 Å². The molecule has 3 heteroatoms. The van der Waals surface area contributed by atoms with E-state index in [9.17, 15) is 0 Å². The van der Waals surface area contributed by atoms with Crippen molar-refractivity contribution in [3.63, 3.8) is 0 Å². The van der Waals surface area contributed by atoms with Gasteiger partial charge in [0.2, 0.25) is 0 Å². The summed E-state index contributed by atoms with van der Waals surface area (Å²) in [6.45, 7) is 10.4. The first-order valence-corrected chi connectivity index (χ1v) is 8.62. The van der Waals surface area contributed by atoms with Crippen molar-refractivity contribution in [2.24, 2.45) is 0 Å². The van der Waals surface area contributed by atoms with E-state index >= 15 is 0 Å². The Morgan fingerprint density at radius 1 is 1.23 bits per heavy atom. The van der Waals surface area contributed by atoms with Gasteiger partial charge in [-0.05, 0) is 49.3 Å². The molecule has 1 saturated heterocycles. The third kappa shape index (κ3) is 5.62. The molecule has 1 heterocycles. The molecule has 0 bridgehead atoms. The van der Waals surface area contributed by atoms with Gasteiger partial charge in [0.1, 0.15) is 5.75 Å². The number of hydrogen-bond acceptors (Lipinski definition) is 3. The summed E-state index contributed by atoms with van der Waals surface area (Å²) in [5.41, 5.74) is 1.41. The number of benzene rings is 1. The highest BCUT2D eigenvalue weighted by Gasteiger charge is 2.18. The van der Waals surface area contributed by atoms with Crippen LogP contribution in [0.15, 0.2) is 24.3 Å². The first-order chi connectivity index (χ1) is 10.6. The van der Waals surface area contributed by atoms with Gasteiger partial charge in [0, 0.05) is 13.2 Å². The van der Waals surface area contributed by atoms with Crippen molar-refractivity contribution in [2.75, 3.05) is 26.3 Å². The van der Waals surface area contributed by atoms with Gasteiger partial charge in [0.15, 0.2) is 0 Å². The van der Waals surface area contributed by atoms with Crippen molar-refractivity contribution in [1.82, 2.24) is 5.32 Å². The number of rotatable bonds is 8. The van der Waals surface area contributed by atoms with Gasteiger partial charge in [-0.25, -0.2) is 0 Å². The first-order valence-electron chi connectivity index (χ1n) is 8.62. The lowest BCUT2D eigenvalue weighted by Crippen LogP contribution is -2.27. The second-order valence-corrected chi connectivity index (χ2v) is 7.14. The van der Waals surface area contributed by atoms with Gasteiger partial charge in [-0.15, -0.1) is 0 Å². The molecule has 124 valence electrons. The van der Waals surface area contributed by atoms with E-state index in [1.54, 1.807) is 0 Å². The van der Waals surface area contributed by atoms with Gasteiger partial charge < -0.3 is 14.8 Å². The van der Waals surface area contributed by atoms with E-state index < -0.39 is 0 Å². The van der Waals surface area contributed by atoms with E-state index in [1.165, 1.54) is 18.4 Å². The van der Waals surface area contributed by atoms with Gasteiger partial charge >= 0.3 is 0 Å². The summed E-state index contributed by atoms with van der Waals surface area (Å²) in [5.74, 6) is 1.03. The van der Waals surface area contributed by atoms with Gasteiger partial charge in [0.05, 0.1) is 12.7 Å². The third-order valence-electron chi connectivity index (χ3n) is 4.10. The molecule has 0 aliphatic carbocycles. The van der Waals surface area contributed by atoms with Crippen LogP contribution in [0.1, 0.15) is 52.0 Å². The molecule has 0 amide bonds. The molecule has 0 aromatic heterocycles. The summed E-state index contributed by atoms with van der Waals surface area (Å²) >= 11 is 0. The topological polar surface area (TPSA) is 30.5 Å². The minimum absolute atomic E-state index is 0.124. The molecule has 22 heavy (non-hydrogen) atoms. The Balaban J connectivity index is 1.60. The molecule has 3 nitrogen and oxygen atoms in total. The molecule has 1 aliphatic rings. The van der Waals surface area contributed by atoms with Crippen LogP contribution in [-0.4, -0.2) is 32.4 Å². The van der Waals surface area contributed by atoms with Crippen molar-refractivity contribution in [3.8, 4) is 5.75 Å². The summed E-state index contributed by atoms with van der Waals surface area (Å²) in [6.07, 6.45) is 5.09. The van der Waals surface area contributed by atoms with Crippen LogP contribution in [0.4, 0.5) is 0 Å². The maximum atomic E-state index is 5.99. The minimum atomic E-state index is 0.124. The van der Waals surface area contributed by atoms with Crippen LogP contribution in [0.2, 0.25) is 0 Å². The highest BCUT2D eigenvalue weighted by atomic mass is 16.5. The Bertz CT molecular complexity index is 433. The van der Waals surface area contributed by atoms with Crippen LogP contribution >= 0.6 is 0 Å². The van der Waals surface area contributed by atoms with Crippen LogP contribution in [0.25, 0.3) is 0 Å². The van der Waals surface area contributed by atoms with Crippen LogP contribution in [0, 0.1) is 0 Å². The minimum Gasteiger partial charge on any atom is -0.493 e. The van der Waals surface area contributed by atoms with Gasteiger partial charge in [-0.3, -0.25) is 0 Å². The molecule has 1 fully saturated rings. The van der Waals surface area contributed by atoms with E-state index in [-0.39, 0.29) is 5.41 Å². The highest BCUT2D eigenvalue weighted by molar-refractivity contribution is 5.38. The molecule has 1 aromatic rings. The molecule has 2 rings (SSSR count). The predicted octanol–water partition coefficient (Wildman–Crippen LogP) is 3.91. The fourth-order valence-electron chi connectivity index (χ4n) is 2.81. The normalized spacial score (nSPS) is 18.6. The summed E-state index contributed by atoms with van der Waals surface area (Å²) in [6, 6.07) is 8.38. The fourth-order valence-corrected chi connectivity index (χ4v) is 2.81. The zero-order chi connectivity index (χ0) is 15.8. The maximum Gasteiger partial charge on any atom is 0.123 e. The van der Waals surface area contributed by atoms with Crippen LogP contribution < -0.4 is 10.1 Å². The van der Waals surface area contributed by atoms with Crippen molar-refractivity contribution in [1.29, 1.82) is 0 Å². The number of nitrogens with one attached hydrogen (secondary N) is 1. The van der Waals surface area contributed by atoms with Gasteiger partial charge in [0.25, 0.3) is 0 Å². The Kier molecular flexibility index (Phi) is 6.71. The lowest BCUT2D eigenvalue weighted by molar-refractivity contribution is 0.110. The standard InChI is InChI=1S/C19H31NO2/c1-19(2,3)17-10-4-5-11-18(17)22-13-7-6-12-20-15-16-9-8-14-21-16/h4-5,10-11,16,20H,6-9,12-15H2,1-3H3/t16-/m0/s1. The molecular formula is C19H31NO2. The lowest BCUT2D eigenvalue weighted by atomic mass is 9.86. The van der Waals surface area contributed by atoms with Crippen LogP contribution in [-0.2, 0) is 10.2 Å². The molecule has 1 aliphatic heterocycles. The van der Waals surface area contributed by atoms with Crippen molar-refractivity contribution in [3.05, 3.63) is 29.8 Å². The molecule has 1 atom stereocenters. The lowest BCUT2D eigenvalue weighted by Gasteiger charge is -2.22. The molecule has 0 unspecified atom stereocenters. The summed E-state index contributed by atoms with van der Waals surface area (Å²) in [5, 5.41) is 3.48. The second kappa shape index (κ2) is 8.54. The molecule has 1 N–H and O–H groups in total. The summed E-state index contributed by atoms with van der Waals surface area (Å²) < 4.78 is 11.6. The number of hydrogen-bond donors (Lipinski definition) is 1. The van der Waals surface area contributed by atoms with Gasteiger partial charge in [-0.1, -0.05) is 39.0 Å². The molecule has 0 saturated carbocycles. The highest BCUT2D eigenvalue weighted by Crippen LogP contribution is 2.30. The smallest absolute Gasteiger partial charge is 0.123 e. The van der Waals surface area contributed by atoms with Crippen molar-refractivity contribution >= 4 is 0 Å². The Labute approximate surface area is 135 Å². The third-order valence-corrected chi connectivity index (χ3v) is 4.10. The predicted molar refractivity (Wildman–Crippen MR) is 91.7 cm³/mol. The summed E-state index contributed by atoms with van der Waals surface area (Å²) in [7, 11) is 0. The van der Waals surface area contributed by atoms with Crippen LogP contribution in [0.3, 0.4) is 0 Å². The summed E-state index contributed by atoms with van der Waals surface area (Å²) in [4.78, 5) is 0. The molecular weight excluding hydrogens is 274 g/mol. The van der Waals surface area contributed by atoms with Crippen LogP contribution in [0.5, 0.6) is 5.75 Å². The van der Waals surface area contributed by atoms with E-state index in [2.05, 4.69) is 44.3 Å². The van der Waals surface area contributed by atoms with Gasteiger partial charge in [-0.2, -0.15) is 0 Å². The molecule has 0 spiro atoms. The fraction of sp³-hybridized carbons (Fsp3) is 0.684. The second-order valence-electron chi connectivity index (χ2n) is 7.14. The van der Waals surface area contributed by atoms with E-state index in [0.717, 1.165) is 44.9 Å².